The Morgan fingerprint density at radius 3 is 2.16 bits per heavy atom. The second kappa shape index (κ2) is 8.08. The van der Waals surface area contributed by atoms with E-state index in [1.165, 1.54) is 30.3 Å². The van der Waals surface area contributed by atoms with Crippen molar-refractivity contribution in [3.8, 4) is 0 Å². The maximum Gasteiger partial charge on any atom is 0.264 e. The van der Waals surface area contributed by atoms with E-state index in [1.54, 1.807) is 19.1 Å². The SMILES string of the molecule is CCNC(=O)CN(c1cc(Cl)cc(Cl)c1)S(=O)(=O)c1ccc(C)cc1. The molecule has 2 aromatic rings. The molecule has 0 atom stereocenters. The topological polar surface area (TPSA) is 66.5 Å². The van der Waals surface area contributed by atoms with Crippen molar-refractivity contribution in [1.29, 1.82) is 0 Å². The van der Waals surface area contributed by atoms with Crippen molar-refractivity contribution < 1.29 is 13.2 Å². The normalized spacial score (nSPS) is 11.2. The van der Waals surface area contributed by atoms with E-state index in [2.05, 4.69) is 5.32 Å². The van der Waals surface area contributed by atoms with E-state index in [9.17, 15) is 13.2 Å². The molecule has 0 fully saturated rings. The van der Waals surface area contributed by atoms with Crippen LogP contribution in [0.2, 0.25) is 10.0 Å². The first-order valence-corrected chi connectivity index (χ1v) is 9.76. The van der Waals surface area contributed by atoms with Crippen LogP contribution >= 0.6 is 23.2 Å². The number of likely N-dealkylation sites (N-methyl/N-ethyl adjacent to an activating group) is 1. The third kappa shape index (κ3) is 4.87. The van der Waals surface area contributed by atoms with Gasteiger partial charge in [0.25, 0.3) is 10.0 Å². The maximum absolute atomic E-state index is 13.1. The second-order valence-electron chi connectivity index (χ2n) is 5.41. The number of sulfonamides is 1. The number of nitrogens with one attached hydrogen (secondary N) is 1. The Morgan fingerprint density at radius 1 is 1.08 bits per heavy atom. The van der Waals surface area contributed by atoms with E-state index in [0.29, 0.717) is 6.54 Å². The van der Waals surface area contributed by atoms with Gasteiger partial charge in [0, 0.05) is 16.6 Å². The number of carbonyl (C=O) groups excluding carboxylic acids is 1. The highest BCUT2D eigenvalue weighted by atomic mass is 35.5. The lowest BCUT2D eigenvalue weighted by Crippen LogP contribution is -2.40. The molecule has 0 aromatic heterocycles. The zero-order valence-electron chi connectivity index (χ0n) is 13.8. The molecule has 1 N–H and O–H groups in total. The number of carbonyl (C=O) groups is 1. The van der Waals surface area contributed by atoms with Crippen molar-refractivity contribution in [2.75, 3.05) is 17.4 Å². The van der Waals surface area contributed by atoms with E-state index in [0.717, 1.165) is 9.87 Å². The highest BCUT2D eigenvalue weighted by molar-refractivity contribution is 7.92. The number of anilines is 1. The molecular weight excluding hydrogens is 383 g/mol. The van der Waals surface area contributed by atoms with E-state index in [-0.39, 0.29) is 27.2 Å². The standard InChI is InChI=1S/C17H18Cl2N2O3S/c1-3-20-17(22)11-21(15-9-13(18)8-14(19)10-15)25(23,24)16-6-4-12(2)5-7-16/h4-10H,3,11H2,1-2H3,(H,20,22). The Bertz CT molecular complexity index is 848. The van der Waals surface area contributed by atoms with Crippen molar-refractivity contribution in [1.82, 2.24) is 5.32 Å². The van der Waals surface area contributed by atoms with Gasteiger partial charge in [0.05, 0.1) is 10.6 Å². The second-order valence-corrected chi connectivity index (χ2v) is 8.14. The van der Waals surface area contributed by atoms with Crippen molar-refractivity contribution in [2.45, 2.75) is 18.7 Å². The Morgan fingerprint density at radius 2 is 1.64 bits per heavy atom. The fraction of sp³-hybridized carbons (Fsp3) is 0.235. The van der Waals surface area contributed by atoms with Crippen molar-refractivity contribution in [3.63, 3.8) is 0 Å². The summed E-state index contributed by atoms with van der Waals surface area (Å²) in [6.07, 6.45) is 0. The Labute approximate surface area is 157 Å². The van der Waals surface area contributed by atoms with Crippen LogP contribution < -0.4 is 9.62 Å². The highest BCUT2D eigenvalue weighted by Crippen LogP contribution is 2.29. The molecule has 5 nitrogen and oxygen atoms in total. The lowest BCUT2D eigenvalue weighted by Gasteiger charge is -2.24. The predicted molar refractivity (Wildman–Crippen MR) is 101 cm³/mol. The van der Waals surface area contributed by atoms with Crippen LogP contribution in [0.25, 0.3) is 0 Å². The minimum absolute atomic E-state index is 0.0819. The fourth-order valence-electron chi connectivity index (χ4n) is 2.22. The molecule has 0 saturated carbocycles. The first-order valence-electron chi connectivity index (χ1n) is 7.56. The molecule has 8 heteroatoms. The van der Waals surface area contributed by atoms with Crippen LogP contribution in [0.5, 0.6) is 0 Å². The minimum atomic E-state index is -3.96. The van der Waals surface area contributed by atoms with Gasteiger partial charge in [-0.05, 0) is 44.2 Å². The van der Waals surface area contributed by atoms with Gasteiger partial charge in [0.15, 0.2) is 0 Å². The molecule has 0 radical (unpaired) electrons. The number of hydrogen-bond donors (Lipinski definition) is 1. The van der Waals surface area contributed by atoms with Gasteiger partial charge in [-0.25, -0.2) is 8.42 Å². The van der Waals surface area contributed by atoms with E-state index in [1.807, 2.05) is 6.92 Å². The molecule has 0 unspecified atom stereocenters. The third-order valence-corrected chi connectivity index (χ3v) is 5.63. The molecule has 0 saturated heterocycles. The average molecular weight is 401 g/mol. The van der Waals surface area contributed by atoms with Crippen LogP contribution in [0.15, 0.2) is 47.4 Å². The summed E-state index contributed by atoms with van der Waals surface area (Å²) >= 11 is 12.0. The maximum atomic E-state index is 13.1. The largest absolute Gasteiger partial charge is 0.355 e. The summed E-state index contributed by atoms with van der Waals surface area (Å²) < 4.78 is 27.1. The van der Waals surface area contributed by atoms with Crippen LogP contribution in [0, 0.1) is 6.92 Å². The Kier molecular flexibility index (Phi) is 6.32. The molecule has 134 valence electrons. The predicted octanol–water partition coefficient (Wildman–Crippen LogP) is 3.63. The molecule has 0 bridgehead atoms. The third-order valence-electron chi connectivity index (χ3n) is 3.41. The number of rotatable bonds is 6. The number of aryl methyl sites for hydroxylation is 1. The molecule has 2 rings (SSSR count). The van der Waals surface area contributed by atoms with Crippen molar-refractivity contribution >= 4 is 44.8 Å². The molecule has 25 heavy (non-hydrogen) atoms. The smallest absolute Gasteiger partial charge is 0.264 e. The zero-order chi connectivity index (χ0) is 18.6. The summed E-state index contributed by atoms with van der Waals surface area (Å²) in [6.45, 7) is 3.64. The summed E-state index contributed by atoms with van der Waals surface area (Å²) in [7, 11) is -3.96. The summed E-state index contributed by atoms with van der Waals surface area (Å²) in [5.74, 6) is -0.422. The number of amides is 1. The molecule has 0 spiro atoms. The molecule has 0 heterocycles. The van der Waals surface area contributed by atoms with Crippen LogP contribution in [0.4, 0.5) is 5.69 Å². The van der Waals surface area contributed by atoms with Crippen LogP contribution in [-0.4, -0.2) is 27.4 Å². The molecule has 0 aliphatic carbocycles. The van der Waals surface area contributed by atoms with Gasteiger partial charge in [0.2, 0.25) is 5.91 Å². The van der Waals surface area contributed by atoms with Gasteiger partial charge in [0.1, 0.15) is 6.54 Å². The lowest BCUT2D eigenvalue weighted by atomic mass is 10.2. The molecule has 0 aliphatic rings. The number of nitrogens with zero attached hydrogens (tertiary/aromatic N) is 1. The van der Waals surface area contributed by atoms with Crippen LogP contribution in [0.1, 0.15) is 12.5 Å². The van der Waals surface area contributed by atoms with Crippen LogP contribution in [0.3, 0.4) is 0 Å². The van der Waals surface area contributed by atoms with Gasteiger partial charge in [-0.2, -0.15) is 0 Å². The van der Waals surface area contributed by atoms with E-state index >= 15 is 0 Å². The lowest BCUT2D eigenvalue weighted by molar-refractivity contribution is -0.119. The average Bonchev–Trinajstić information content (AvgIpc) is 2.52. The Balaban J connectivity index is 2.53. The molecule has 1 amide bonds. The summed E-state index contributed by atoms with van der Waals surface area (Å²) in [4.78, 5) is 12.1. The summed E-state index contributed by atoms with van der Waals surface area (Å²) in [6, 6.07) is 10.8. The van der Waals surface area contributed by atoms with E-state index in [4.69, 9.17) is 23.2 Å². The minimum Gasteiger partial charge on any atom is -0.355 e. The number of hydrogen-bond acceptors (Lipinski definition) is 3. The highest BCUT2D eigenvalue weighted by Gasteiger charge is 2.27. The van der Waals surface area contributed by atoms with Gasteiger partial charge >= 0.3 is 0 Å². The van der Waals surface area contributed by atoms with Crippen molar-refractivity contribution in [2.24, 2.45) is 0 Å². The number of benzene rings is 2. The zero-order valence-corrected chi connectivity index (χ0v) is 16.1. The quantitative estimate of drug-likeness (QED) is 0.804. The Hall–Kier alpha value is -1.76. The molecule has 0 aliphatic heterocycles. The van der Waals surface area contributed by atoms with Crippen LogP contribution in [-0.2, 0) is 14.8 Å². The van der Waals surface area contributed by atoms with Gasteiger partial charge in [-0.1, -0.05) is 40.9 Å². The number of halogens is 2. The van der Waals surface area contributed by atoms with E-state index < -0.39 is 15.9 Å². The summed E-state index contributed by atoms with van der Waals surface area (Å²) in [5, 5.41) is 3.16. The fourth-order valence-corrected chi connectivity index (χ4v) is 4.14. The first-order chi connectivity index (χ1) is 11.7. The first kappa shape index (κ1) is 19.6. The molecule has 2 aromatic carbocycles. The van der Waals surface area contributed by atoms with Gasteiger partial charge in [-0.3, -0.25) is 9.10 Å². The molecular formula is C17H18Cl2N2O3S. The van der Waals surface area contributed by atoms with Gasteiger partial charge in [-0.15, -0.1) is 0 Å². The van der Waals surface area contributed by atoms with Crippen molar-refractivity contribution in [3.05, 3.63) is 58.1 Å². The summed E-state index contributed by atoms with van der Waals surface area (Å²) in [5.41, 5.74) is 1.16. The monoisotopic (exact) mass is 400 g/mol. The van der Waals surface area contributed by atoms with Gasteiger partial charge < -0.3 is 5.32 Å².